The van der Waals surface area contributed by atoms with Gasteiger partial charge < -0.3 is 10.2 Å². The number of benzene rings is 2. The Morgan fingerprint density at radius 2 is 1.80 bits per heavy atom. The second-order valence-electron chi connectivity index (χ2n) is 7.75. The Hall–Kier alpha value is -3.12. The maximum Gasteiger partial charge on any atom is 0.230 e. The fraction of sp³-hybridized carbons (Fsp3) is 0.261. The summed E-state index contributed by atoms with van der Waals surface area (Å²) >= 11 is 5.95. The van der Waals surface area contributed by atoms with Gasteiger partial charge in [-0.15, -0.1) is 0 Å². The molecule has 152 valence electrons. The minimum absolute atomic E-state index is 0.0562. The summed E-state index contributed by atoms with van der Waals surface area (Å²) < 4.78 is 1.81. The van der Waals surface area contributed by atoms with Gasteiger partial charge in [0.15, 0.2) is 0 Å². The van der Waals surface area contributed by atoms with Gasteiger partial charge in [-0.1, -0.05) is 29.8 Å². The highest BCUT2D eigenvalue weighted by Gasteiger charge is 2.36. The summed E-state index contributed by atoms with van der Waals surface area (Å²) in [7, 11) is 0. The number of nitrogens with one attached hydrogen (secondary N) is 1. The standard InChI is InChI=1S/C23H21ClN4O2/c24-16-9-11-17(12-10-16)27-14-15(13-21(27)29)23(30)25-22-19-7-4-8-20(19)26-28(22)18-5-2-1-3-6-18/h1-3,5-6,9-12,15H,4,7-8,13-14H2,(H,25,30). The highest BCUT2D eigenvalue weighted by atomic mass is 35.5. The fourth-order valence-corrected chi connectivity index (χ4v) is 4.37. The third kappa shape index (κ3) is 3.37. The molecule has 1 fully saturated rings. The molecule has 1 unspecified atom stereocenters. The Kier molecular flexibility index (Phi) is 4.79. The first-order valence-electron chi connectivity index (χ1n) is 10.1. The summed E-state index contributed by atoms with van der Waals surface area (Å²) in [6, 6.07) is 16.9. The first kappa shape index (κ1) is 18.9. The van der Waals surface area contributed by atoms with E-state index in [1.54, 1.807) is 29.2 Å². The summed E-state index contributed by atoms with van der Waals surface area (Å²) in [5.74, 6) is 0.117. The molecule has 1 saturated heterocycles. The van der Waals surface area contributed by atoms with E-state index in [2.05, 4.69) is 5.32 Å². The number of para-hydroxylation sites is 1. The Morgan fingerprint density at radius 1 is 1.03 bits per heavy atom. The highest BCUT2D eigenvalue weighted by molar-refractivity contribution is 6.30. The van der Waals surface area contributed by atoms with Gasteiger partial charge in [0.2, 0.25) is 11.8 Å². The lowest BCUT2D eigenvalue weighted by molar-refractivity contribution is -0.122. The molecule has 2 aromatic carbocycles. The molecule has 2 amide bonds. The lowest BCUT2D eigenvalue weighted by atomic mass is 10.1. The molecule has 1 aliphatic heterocycles. The topological polar surface area (TPSA) is 67.2 Å². The van der Waals surface area contributed by atoms with Crippen LogP contribution in [0.4, 0.5) is 11.5 Å². The average Bonchev–Trinajstić information content (AvgIpc) is 3.45. The van der Waals surface area contributed by atoms with Crippen molar-refractivity contribution in [3.05, 3.63) is 70.9 Å². The molecule has 0 saturated carbocycles. The minimum atomic E-state index is -0.413. The number of aromatic nitrogens is 2. The van der Waals surface area contributed by atoms with Gasteiger partial charge in [-0.05, 0) is 55.7 Å². The number of hydrogen-bond acceptors (Lipinski definition) is 3. The number of nitrogens with zero attached hydrogens (tertiary/aromatic N) is 3. The van der Waals surface area contributed by atoms with Gasteiger partial charge in [0, 0.05) is 29.2 Å². The van der Waals surface area contributed by atoms with E-state index in [1.807, 2.05) is 35.0 Å². The number of aryl methyl sites for hydroxylation is 1. The second-order valence-corrected chi connectivity index (χ2v) is 8.18. The smallest absolute Gasteiger partial charge is 0.230 e. The predicted octanol–water partition coefficient (Wildman–Crippen LogP) is 4.01. The van der Waals surface area contributed by atoms with Crippen molar-refractivity contribution in [3.8, 4) is 5.69 Å². The van der Waals surface area contributed by atoms with Crippen LogP contribution < -0.4 is 10.2 Å². The molecule has 1 N–H and O–H groups in total. The van der Waals surface area contributed by atoms with Crippen molar-refractivity contribution in [2.24, 2.45) is 5.92 Å². The Labute approximate surface area is 179 Å². The number of carbonyl (C=O) groups is 2. The number of carbonyl (C=O) groups excluding carboxylic acids is 2. The van der Waals surface area contributed by atoms with Crippen molar-refractivity contribution in [2.45, 2.75) is 25.7 Å². The molecule has 30 heavy (non-hydrogen) atoms. The summed E-state index contributed by atoms with van der Waals surface area (Å²) in [5.41, 5.74) is 3.81. The van der Waals surface area contributed by atoms with Gasteiger partial charge in [-0.2, -0.15) is 5.10 Å². The van der Waals surface area contributed by atoms with E-state index in [-0.39, 0.29) is 18.2 Å². The van der Waals surface area contributed by atoms with Crippen LogP contribution in [0, 0.1) is 5.92 Å². The van der Waals surface area contributed by atoms with Crippen molar-refractivity contribution in [3.63, 3.8) is 0 Å². The molecule has 6 nitrogen and oxygen atoms in total. The maximum atomic E-state index is 13.1. The van der Waals surface area contributed by atoms with E-state index in [0.29, 0.717) is 11.6 Å². The number of anilines is 2. The molecular formula is C23H21ClN4O2. The van der Waals surface area contributed by atoms with Gasteiger partial charge in [-0.3, -0.25) is 9.59 Å². The molecule has 0 bridgehead atoms. The molecule has 5 rings (SSSR count). The van der Waals surface area contributed by atoms with E-state index < -0.39 is 5.92 Å². The van der Waals surface area contributed by atoms with Gasteiger partial charge in [0.25, 0.3) is 0 Å². The van der Waals surface area contributed by atoms with Crippen LogP contribution in [0.1, 0.15) is 24.1 Å². The van der Waals surface area contributed by atoms with Crippen LogP contribution in [0.25, 0.3) is 5.69 Å². The zero-order chi connectivity index (χ0) is 20.7. The Bertz CT molecular complexity index is 1110. The molecule has 1 aliphatic carbocycles. The quantitative estimate of drug-likeness (QED) is 0.693. The largest absolute Gasteiger partial charge is 0.312 e. The third-order valence-electron chi connectivity index (χ3n) is 5.78. The van der Waals surface area contributed by atoms with Gasteiger partial charge in [0.05, 0.1) is 17.3 Å². The van der Waals surface area contributed by atoms with Crippen LogP contribution in [0.15, 0.2) is 54.6 Å². The van der Waals surface area contributed by atoms with Crippen molar-refractivity contribution in [1.29, 1.82) is 0 Å². The van der Waals surface area contributed by atoms with E-state index in [4.69, 9.17) is 16.7 Å². The van der Waals surface area contributed by atoms with Crippen LogP contribution in [0.3, 0.4) is 0 Å². The summed E-state index contributed by atoms with van der Waals surface area (Å²) in [6.07, 6.45) is 3.06. The van der Waals surface area contributed by atoms with Crippen molar-refractivity contribution >= 4 is 34.9 Å². The van der Waals surface area contributed by atoms with E-state index in [1.165, 1.54) is 0 Å². The SMILES string of the molecule is O=C(Nc1c2c(nn1-c1ccccc1)CCC2)C1CC(=O)N(c2ccc(Cl)cc2)C1. The normalized spacial score (nSPS) is 18.0. The van der Waals surface area contributed by atoms with Crippen LogP contribution in [0.5, 0.6) is 0 Å². The van der Waals surface area contributed by atoms with Gasteiger partial charge >= 0.3 is 0 Å². The van der Waals surface area contributed by atoms with Crippen LogP contribution in [0.2, 0.25) is 5.02 Å². The molecular weight excluding hydrogens is 400 g/mol. The van der Waals surface area contributed by atoms with Crippen molar-refractivity contribution in [2.75, 3.05) is 16.8 Å². The third-order valence-corrected chi connectivity index (χ3v) is 6.04. The average molecular weight is 421 g/mol. The molecule has 2 aliphatic rings. The predicted molar refractivity (Wildman–Crippen MR) is 116 cm³/mol. The highest BCUT2D eigenvalue weighted by Crippen LogP contribution is 2.32. The van der Waals surface area contributed by atoms with E-state index >= 15 is 0 Å². The first-order valence-corrected chi connectivity index (χ1v) is 10.5. The monoisotopic (exact) mass is 420 g/mol. The molecule has 1 atom stereocenters. The zero-order valence-electron chi connectivity index (χ0n) is 16.3. The molecule has 7 heteroatoms. The second kappa shape index (κ2) is 7.61. The lowest BCUT2D eigenvalue weighted by Gasteiger charge is -2.17. The summed E-state index contributed by atoms with van der Waals surface area (Å²) in [6.45, 7) is 0.355. The molecule has 0 radical (unpaired) electrons. The first-order chi connectivity index (χ1) is 14.6. The molecule has 2 heterocycles. The van der Waals surface area contributed by atoms with Gasteiger partial charge in [0.1, 0.15) is 5.82 Å². The number of fused-ring (bicyclic) bond motifs is 1. The van der Waals surface area contributed by atoms with Crippen molar-refractivity contribution in [1.82, 2.24) is 9.78 Å². The Balaban J connectivity index is 1.39. The Morgan fingerprint density at radius 3 is 2.57 bits per heavy atom. The molecule has 1 aromatic heterocycles. The van der Waals surface area contributed by atoms with Crippen LogP contribution >= 0.6 is 11.6 Å². The van der Waals surface area contributed by atoms with Crippen molar-refractivity contribution < 1.29 is 9.59 Å². The number of hydrogen-bond donors (Lipinski definition) is 1. The maximum absolute atomic E-state index is 13.1. The lowest BCUT2D eigenvalue weighted by Crippen LogP contribution is -2.28. The van der Waals surface area contributed by atoms with E-state index in [9.17, 15) is 9.59 Å². The summed E-state index contributed by atoms with van der Waals surface area (Å²) in [4.78, 5) is 27.3. The van der Waals surface area contributed by atoms with Crippen LogP contribution in [-0.4, -0.2) is 28.1 Å². The molecule has 3 aromatic rings. The zero-order valence-corrected chi connectivity index (χ0v) is 17.1. The van der Waals surface area contributed by atoms with E-state index in [0.717, 1.165) is 47.7 Å². The number of rotatable bonds is 4. The fourth-order valence-electron chi connectivity index (χ4n) is 4.25. The summed E-state index contributed by atoms with van der Waals surface area (Å²) in [5, 5.41) is 8.45. The van der Waals surface area contributed by atoms with Crippen LogP contribution in [-0.2, 0) is 22.4 Å². The number of halogens is 1. The van der Waals surface area contributed by atoms with Gasteiger partial charge in [-0.25, -0.2) is 4.68 Å². The number of amides is 2. The minimum Gasteiger partial charge on any atom is -0.312 e. The molecule has 0 spiro atoms.